The van der Waals surface area contributed by atoms with Crippen LogP contribution in [0, 0.1) is 23.2 Å². The van der Waals surface area contributed by atoms with Crippen LogP contribution in [0.3, 0.4) is 0 Å². The van der Waals surface area contributed by atoms with Gasteiger partial charge in [0, 0.05) is 12.0 Å². The Balaban J connectivity index is 1.60. The number of nitrogens with zero attached hydrogens (tertiary/aromatic N) is 3. The van der Waals surface area contributed by atoms with Crippen molar-refractivity contribution in [3.05, 3.63) is 36.0 Å². The fourth-order valence-corrected chi connectivity index (χ4v) is 5.99. The van der Waals surface area contributed by atoms with Crippen molar-refractivity contribution < 1.29 is 42.1 Å². The van der Waals surface area contributed by atoms with Gasteiger partial charge in [-0.1, -0.05) is 47.6 Å². The normalized spacial score (nSPS) is 27.9. The quantitative estimate of drug-likeness (QED) is 0.339. The molecule has 6 atom stereocenters. The van der Waals surface area contributed by atoms with Crippen LogP contribution in [0.25, 0.3) is 11.0 Å². The number of ether oxygens (including phenoxy) is 4. The molecular weight excluding hydrogens is 614 g/mol. The first-order valence-corrected chi connectivity index (χ1v) is 16.1. The molecule has 256 valence electrons. The second-order valence-corrected chi connectivity index (χ2v) is 14.2. The maximum atomic E-state index is 15.9. The smallest absolute Gasteiger partial charge is 0.408 e. The van der Waals surface area contributed by atoms with Crippen molar-refractivity contribution >= 4 is 29.0 Å². The topological polar surface area (TPSA) is 129 Å². The van der Waals surface area contributed by atoms with Crippen LogP contribution in [-0.4, -0.2) is 77.4 Å². The maximum absolute atomic E-state index is 15.9. The molecule has 3 heterocycles. The standard InChI is InChI=1S/C34H44F2N4O7/c1-18(2)17-45-31(42)26-19(3)25-16-40(26)30(41)28(33(4,5)6)39-32(43)47-24-14-20(24)10-8-9-13-34(35,36)27-29(46-25)38-23-15-21(44-7)11-12-22(23)37-27/h9,11-13,15,18-20,24-26,28H,8,10,14,16-17H2,1-7H3,(H,39,43). The van der Waals surface area contributed by atoms with E-state index in [2.05, 4.69) is 15.3 Å². The number of hydrogen-bond acceptors (Lipinski definition) is 9. The molecular formula is C34H44F2N4O7. The molecule has 0 radical (unpaired) electrons. The molecule has 1 N–H and O–H groups in total. The Labute approximate surface area is 273 Å². The molecule has 11 nitrogen and oxygen atoms in total. The predicted molar refractivity (Wildman–Crippen MR) is 168 cm³/mol. The van der Waals surface area contributed by atoms with E-state index in [1.807, 2.05) is 13.8 Å². The molecule has 1 aromatic heterocycles. The Morgan fingerprint density at radius 2 is 1.89 bits per heavy atom. The van der Waals surface area contributed by atoms with E-state index in [1.165, 1.54) is 18.1 Å². The SMILES string of the molecule is COc1ccc2nc3c(nc2c1)OC1CN(C(=O)C(C(C)(C)C)NC(=O)OC2CC2CCC=CC3(F)F)C(C(=O)OCC(C)C)C1C. The van der Waals surface area contributed by atoms with E-state index in [0.29, 0.717) is 25.0 Å². The number of fused-ring (bicyclic) bond motifs is 5. The molecule has 1 aromatic carbocycles. The summed E-state index contributed by atoms with van der Waals surface area (Å²) in [5, 5.41) is 2.74. The van der Waals surface area contributed by atoms with Gasteiger partial charge in [0.05, 0.1) is 31.3 Å². The molecule has 13 heteroatoms. The number of hydrogen-bond donors (Lipinski definition) is 1. The van der Waals surface area contributed by atoms with Gasteiger partial charge >= 0.3 is 18.0 Å². The average molecular weight is 659 g/mol. The van der Waals surface area contributed by atoms with Crippen LogP contribution in [0.5, 0.6) is 11.6 Å². The van der Waals surface area contributed by atoms with Crippen molar-refractivity contribution in [2.24, 2.45) is 23.2 Å². The lowest BCUT2D eigenvalue weighted by atomic mass is 9.85. The van der Waals surface area contributed by atoms with Crippen LogP contribution in [0.2, 0.25) is 0 Å². The van der Waals surface area contributed by atoms with Crippen LogP contribution in [0.15, 0.2) is 30.4 Å². The first kappa shape index (κ1) is 34.3. The number of carbonyl (C=O) groups excluding carboxylic acids is 3. The van der Waals surface area contributed by atoms with Crippen molar-refractivity contribution in [3.63, 3.8) is 0 Å². The first-order chi connectivity index (χ1) is 22.1. The second-order valence-electron chi connectivity index (χ2n) is 14.2. The maximum Gasteiger partial charge on any atom is 0.408 e. The second kappa shape index (κ2) is 13.2. The fourth-order valence-electron chi connectivity index (χ4n) is 5.99. The number of alkyl halides is 2. The van der Waals surface area contributed by atoms with Gasteiger partial charge in [0.15, 0.2) is 5.69 Å². The summed E-state index contributed by atoms with van der Waals surface area (Å²) in [5.41, 5.74) is -0.976. The zero-order valence-corrected chi connectivity index (χ0v) is 27.9. The molecule has 0 spiro atoms. The van der Waals surface area contributed by atoms with E-state index in [-0.39, 0.29) is 42.1 Å². The Hall–Kier alpha value is -4.03. The molecule has 2 amide bonds. The molecule has 2 bridgehead atoms. The molecule has 2 aromatic rings. The number of benzene rings is 1. The van der Waals surface area contributed by atoms with Crippen LogP contribution >= 0.6 is 0 Å². The Kier molecular flexibility index (Phi) is 9.66. The van der Waals surface area contributed by atoms with E-state index >= 15 is 8.78 Å². The summed E-state index contributed by atoms with van der Waals surface area (Å²) in [7, 11) is 1.48. The third-order valence-corrected chi connectivity index (χ3v) is 8.82. The number of halogens is 2. The van der Waals surface area contributed by atoms with E-state index in [1.54, 1.807) is 45.9 Å². The molecule has 2 aliphatic heterocycles. The number of allylic oxidation sites excluding steroid dienone is 2. The van der Waals surface area contributed by atoms with Crippen molar-refractivity contribution in [1.82, 2.24) is 20.2 Å². The third-order valence-electron chi connectivity index (χ3n) is 8.82. The summed E-state index contributed by atoms with van der Waals surface area (Å²) in [6.45, 7) is 10.8. The predicted octanol–water partition coefficient (Wildman–Crippen LogP) is 5.40. The average Bonchev–Trinajstić information content (AvgIpc) is 3.65. The van der Waals surface area contributed by atoms with Crippen molar-refractivity contribution in [1.29, 1.82) is 0 Å². The molecule has 2 fully saturated rings. The molecule has 1 saturated carbocycles. The number of aromatic nitrogens is 2. The largest absolute Gasteiger partial charge is 0.497 e. The summed E-state index contributed by atoms with van der Waals surface area (Å²) in [6.07, 6.45) is 1.54. The number of rotatable bonds is 4. The van der Waals surface area contributed by atoms with Crippen LogP contribution < -0.4 is 14.8 Å². The molecule has 1 saturated heterocycles. The highest BCUT2D eigenvalue weighted by atomic mass is 19.3. The van der Waals surface area contributed by atoms with Gasteiger partial charge in [-0.3, -0.25) is 4.79 Å². The highest BCUT2D eigenvalue weighted by Crippen LogP contribution is 2.41. The minimum Gasteiger partial charge on any atom is -0.497 e. The summed E-state index contributed by atoms with van der Waals surface area (Å²) >= 11 is 0. The van der Waals surface area contributed by atoms with E-state index in [0.717, 1.165) is 6.08 Å². The molecule has 47 heavy (non-hydrogen) atoms. The van der Waals surface area contributed by atoms with Crippen molar-refractivity contribution in [2.75, 3.05) is 20.3 Å². The first-order valence-electron chi connectivity index (χ1n) is 16.1. The fraction of sp³-hybridized carbons (Fsp3) is 0.618. The summed E-state index contributed by atoms with van der Waals surface area (Å²) in [6, 6.07) is 2.51. The van der Waals surface area contributed by atoms with Gasteiger partial charge in [-0.05, 0) is 54.7 Å². The lowest BCUT2D eigenvalue weighted by molar-refractivity contribution is -0.156. The zero-order chi connectivity index (χ0) is 34.3. The Bertz CT molecular complexity index is 1540. The molecule has 3 aliphatic rings. The van der Waals surface area contributed by atoms with Gasteiger partial charge in [0.1, 0.15) is 30.0 Å². The van der Waals surface area contributed by atoms with Crippen LogP contribution in [0.4, 0.5) is 13.6 Å². The van der Waals surface area contributed by atoms with Crippen molar-refractivity contribution in [2.45, 2.75) is 91.0 Å². The summed E-state index contributed by atoms with van der Waals surface area (Å²) < 4.78 is 54.5. The minimum absolute atomic E-state index is 0.0105. The minimum atomic E-state index is -3.56. The van der Waals surface area contributed by atoms with Gasteiger partial charge in [0.2, 0.25) is 11.8 Å². The highest BCUT2D eigenvalue weighted by molar-refractivity contribution is 5.91. The highest BCUT2D eigenvalue weighted by Gasteiger charge is 2.52. The van der Waals surface area contributed by atoms with E-state index < -0.39 is 65.0 Å². The number of carbonyl (C=O) groups is 3. The lowest BCUT2D eigenvalue weighted by Gasteiger charge is -2.35. The van der Waals surface area contributed by atoms with Gasteiger partial charge in [0.25, 0.3) is 0 Å². The number of alkyl carbamates (subject to hydrolysis) is 1. The molecule has 5 rings (SSSR count). The number of amides is 2. The summed E-state index contributed by atoms with van der Waals surface area (Å²) in [5.74, 6) is -5.40. The number of nitrogens with one attached hydrogen (secondary N) is 1. The molecule has 1 aliphatic carbocycles. The number of methoxy groups -OCH3 is 1. The van der Waals surface area contributed by atoms with E-state index in [9.17, 15) is 14.4 Å². The van der Waals surface area contributed by atoms with Gasteiger partial charge in [-0.2, -0.15) is 8.78 Å². The van der Waals surface area contributed by atoms with E-state index in [4.69, 9.17) is 18.9 Å². The van der Waals surface area contributed by atoms with Gasteiger partial charge in [-0.15, -0.1) is 0 Å². The molecule has 6 unspecified atom stereocenters. The number of esters is 1. The van der Waals surface area contributed by atoms with Crippen LogP contribution in [-0.2, 0) is 25.0 Å². The van der Waals surface area contributed by atoms with Crippen LogP contribution in [0.1, 0.15) is 66.5 Å². The Morgan fingerprint density at radius 1 is 1.15 bits per heavy atom. The van der Waals surface area contributed by atoms with Gasteiger partial charge in [-0.25, -0.2) is 19.6 Å². The summed E-state index contributed by atoms with van der Waals surface area (Å²) in [4.78, 5) is 50.9. The third kappa shape index (κ3) is 7.59. The van der Waals surface area contributed by atoms with Gasteiger partial charge < -0.3 is 29.2 Å². The zero-order valence-electron chi connectivity index (χ0n) is 27.9. The lowest BCUT2D eigenvalue weighted by Crippen LogP contribution is -2.57. The van der Waals surface area contributed by atoms with Crippen molar-refractivity contribution in [3.8, 4) is 11.6 Å². The Morgan fingerprint density at radius 3 is 2.57 bits per heavy atom. The monoisotopic (exact) mass is 658 g/mol.